The zero-order valence-electron chi connectivity index (χ0n) is 15.1. The van der Waals surface area contributed by atoms with Crippen LogP contribution in [-0.2, 0) is 6.54 Å². The second-order valence-electron chi connectivity index (χ2n) is 6.41. The molecule has 0 aliphatic carbocycles. The van der Waals surface area contributed by atoms with Crippen molar-refractivity contribution in [1.29, 1.82) is 0 Å². The van der Waals surface area contributed by atoms with Crippen LogP contribution in [0.2, 0.25) is 0 Å². The van der Waals surface area contributed by atoms with Gasteiger partial charge in [-0.05, 0) is 48.0 Å². The van der Waals surface area contributed by atoms with E-state index in [1.165, 1.54) is 21.2 Å². The van der Waals surface area contributed by atoms with Crippen molar-refractivity contribution in [1.82, 2.24) is 14.2 Å². The number of nitrogens with zero attached hydrogens (tertiary/aromatic N) is 3. The lowest BCUT2D eigenvalue weighted by Crippen LogP contribution is -2.24. The summed E-state index contributed by atoms with van der Waals surface area (Å²) in [6.07, 6.45) is 2.40. The van der Waals surface area contributed by atoms with E-state index in [2.05, 4.69) is 5.10 Å². The van der Waals surface area contributed by atoms with E-state index < -0.39 is 6.10 Å². The molecule has 0 saturated carbocycles. The molecule has 6 nitrogen and oxygen atoms in total. The Kier molecular flexibility index (Phi) is 4.67. The van der Waals surface area contributed by atoms with Gasteiger partial charge in [-0.1, -0.05) is 12.1 Å². The second kappa shape index (κ2) is 7.28. The van der Waals surface area contributed by atoms with E-state index >= 15 is 0 Å². The Morgan fingerprint density at radius 2 is 1.82 bits per heavy atom. The van der Waals surface area contributed by atoms with Gasteiger partial charge in [-0.25, -0.2) is 8.91 Å². The Bertz CT molecular complexity index is 1160. The Morgan fingerprint density at radius 3 is 2.50 bits per heavy atom. The number of hydrogen-bond donors (Lipinski definition) is 1. The molecule has 28 heavy (non-hydrogen) atoms. The van der Waals surface area contributed by atoms with E-state index in [1.807, 2.05) is 0 Å². The lowest BCUT2D eigenvalue weighted by molar-refractivity contribution is 0.155. The zero-order valence-corrected chi connectivity index (χ0v) is 15.1. The Morgan fingerprint density at radius 1 is 1.11 bits per heavy atom. The van der Waals surface area contributed by atoms with E-state index in [4.69, 9.17) is 4.74 Å². The van der Waals surface area contributed by atoms with E-state index in [-0.39, 0.29) is 17.9 Å². The number of aromatic nitrogens is 3. The first-order chi connectivity index (χ1) is 13.5. The molecule has 7 heteroatoms. The normalized spacial score (nSPS) is 12.2. The smallest absolute Gasteiger partial charge is 0.276 e. The minimum Gasteiger partial charge on any atom is -0.497 e. The van der Waals surface area contributed by atoms with Gasteiger partial charge in [0.2, 0.25) is 0 Å². The van der Waals surface area contributed by atoms with Gasteiger partial charge >= 0.3 is 0 Å². The van der Waals surface area contributed by atoms with Gasteiger partial charge in [-0.2, -0.15) is 5.10 Å². The van der Waals surface area contributed by atoms with Crippen molar-refractivity contribution >= 4 is 5.52 Å². The largest absolute Gasteiger partial charge is 0.497 e. The molecular formula is C21H18FN3O3. The van der Waals surface area contributed by atoms with Crippen LogP contribution in [-0.4, -0.2) is 26.4 Å². The van der Waals surface area contributed by atoms with Crippen LogP contribution >= 0.6 is 0 Å². The van der Waals surface area contributed by atoms with Crippen molar-refractivity contribution in [3.63, 3.8) is 0 Å². The molecule has 0 aliphatic heterocycles. The third kappa shape index (κ3) is 3.39. The van der Waals surface area contributed by atoms with Crippen LogP contribution in [0.1, 0.15) is 11.7 Å². The summed E-state index contributed by atoms with van der Waals surface area (Å²) < 4.78 is 21.2. The lowest BCUT2D eigenvalue weighted by Gasteiger charge is -2.13. The monoisotopic (exact) mass is 379 g/mol. The minimum atomic E-state index is -0.842. The molecule has 1 N–H and O–H groups in total. The second-order valence-corrected chi connectivity index (χ2v) is 6.41. The number of ether oxygens (including phenoxy) is 1. The molecule has 1 atom stereocenters. The molecule has 0 spiro atoms. The van der Waals surface area contributed by atoms with Crippen LogP contribution < -0.4 is 10.3 Å². The quantitative estimate of drug-likeness (QED) is 0.579. The predicted octanol–water partition coefficient (Wildman–Crippen LogP) is 3.04. The number of halogens is 1. The van der Waals surface area contributed by atoms with Crippen LogP contribution in [0.25, 0.3) is 16.8 Å². The van der Waals surface area contributed by atoms with Crippen LogP contribution in [0.15, 0.2) is 71.8 Å². The third-order valence-electron chi connectivity index (χ3n) is 4.61. The van der Waals surface area contributed by atoms with Gasteiger partial charge in [0.1, 0.15) is 17.1 Å². The molecule has 0 aliphatic rings. The number of fused-ring (bicyclic) bond motifs is 1. The highest BCUT2D eigenvalue weighted by Crippen LogP contribution is 2.20. The fourth-order valence-corrected chi connectivity index (χ4v) is 3.05. The number of methoxy groups -OCH3 is 1. The molecule has 0 saturated heterocycles. The molecule has 2 aromatic heterocycles. The van der Waals surface area contributed by atoms with Gasteiger partial charge in [0.15, 0.2) is 0 Å². The summed E-state index contributed by atoms with van der Waals surface area (Å²) in [5.41, 5.74) is 2.09. The first-order valence-corrected chi connectivity index (χ1v) is 8.72. The zero-order chi connectivity index (χ0) is 19.7. The summed E-state index contributed by atoms with van der Waals surface area (Å²) in [5, 5.41) is 14.9. The van der Waals surface area contributed by atoms with Crippen molar-refractivity contribution < 1.29 is 14.2 Å². The molecule has 0 unspecified atom stereocenters. The fraction of sp³-hybridized carbons (Fsp3) is 0.143. The first-order valence-electron chi connectivity index (χ1n) is 8.72. The van der Waals surface area contributed by atoms with Crippen molar-refractivity contribution in [2.24, 2.45) is 0 Å². The SMILES string of the molecule is COc1ccc([C@H](O)Cn2ccn3nc(-c4ccc(F)cc4)cc3c2=O)cc1. The summed E-state index contributed by atoms with van der Waals surface area (Å²) in [6, 6.07) is 14.6. The van der Waals surface area contributed by atoms with Crippen LogP contribution in [0.5, 0.6) is 5.75 Å². The minimum absolute atomic E-state index is 0.110. The maximum atomic E-state index is 13.1. The van der Waals surface area contributed by atoms with Gasteiger partial charge in [0.25, 0.3) is 5.56 Å². The van der Waals surface area contributed by atoms with E-state index in [0.717, 1.165) is 0 Å². The lowest BCUT2D eigenvalue weighted by atomic mass is 10.1. The fourth-order valence-electron chi connectivity index (χ4n) is 3.05. The Balaban J connectivity index is 1.63. The van der Waals surface area contributed by atoms with Crippen molar-refractivity contribution in [2.45, 2.75) is 12.6 Å². The molecule has 0 radical (unpaired) electrons. The number of hydrogen-bond acceptors (Lipinski definition) is 4. The molecule has 2 aromatic carbocycles. The van der Waals surface area contributed by atoms with Crippen LogP contribution in [0.4, 0.5) is 4.39 Å². The predicted molar refractivity (Wildman–Crippen MR) is 103 cm³/mol. The highest BCUT2D eigenvalue weighted by Gasteiger charge is 2.13. The van der Waals surface area contributed by atoms with Crippen molar-refractivity contribution in [3.8, 4) is 17.0 Å². The van der Waals surface area contributed by atoms with Crippen LogP contribution in [0.3, 0.4) is 0 Å². The van der Waals surface area contributed by atoms with E-state index in [0.29, 0.717) is 28.1 Å². The van der Waals surface area contributed by atoms with E-state index in [1.54, 1.807) is 62.0 Å². The standard InChI is InChI=1S/C21H18FN3O3/c1-28-17-8-4-15(5-9-17)20(26)13-24-10-11-25-19(21(24)27)12-18(23-25)14-2-6-16(22)7-3-14/h2-12,20,26H,13H2,1H3/t20-/m1/s1. The summed E-state index contributed by atoms with van der Waals surface area (Å²) in [4.78, 5) is 12.8. The number of benzene rings is 2. The molecule has 4 rings (SSSR count). The molecule has 4 aromatic rings. The molecule has 0 amide bonds. The Hall–Kier alpha value is -3.45. The first kappa shape index (κ1) is 17.9. The van der Waals surface area contributed by atoms with E-state index in [9.17, 15) is 14.3 Å². The van der Waals surface area contributed by atoms with Gasteiger partial charge in [0, 0.05) is 18.0 Å². The van der Waals surface area contributed by atoms with Crippen molar-refractivity contribution in [3.05, 3.63) is 88.7 Å². The maximum absolute atomic E-state index is 13.1. The van der Waals surface area contributed by atoms with Crippen molar-refractivity contribution in [2.75, 3.05) is 7.11 Å². The van der Waals surface area contributed by atoms with Gasteiger partial charge in [-0.3, -0.25) is 4.79 Å². The summed E-state index contributed by atoms with van der Waals surface area (Å²) in [7, 11) is 1.58. The van der Waals surface area contributed by atoms with Gasteiger partial charge in [0.05, 0.1) is 25.5 Å². The molecule has 0 bridgehead atoms. The Labute approximate surface area is 160 Å². The number of aliphatic hydroxyl groups excluding tert-OH is 1. The summed E-state index contributed by atoms with van der Waals surface area (Å²) in [5.74, 6) is 0.365. The molecule has 142 valence electrons. The number of aliphatic hydroxyl groups is 1. The molecular weight excluding hydrogens is 361 g/mol. The van der Waals surface area contributed by atoms with Gasteiger partial charge in [-0.15, -0.1) is 0 Å². The average molecular weight is 379 g/mol. The average Bonchev–Trinajstić information content (AvgIpc) is 3.16. The van der Waals surface area contributed by atoms with Crippen LogP contribution in [0, 0.1) is 5.82 Å². The number of rotatable bonds is 5. The highest BCUT2D eigenvalue weighted by atomic mass is 19.1. The highest BCUT2D eigenvalue weighted by molar-refractivity contribution is 5.65. The molecule has 2 heterocycles. The van der Waals surface area contributed by atoms with Gasteiger partial charge < -0.3 is 14.4 Å². The molecule has 0 fully saturated rings. The maximum Gasteiger partial charge on any atom is 0.276 e. The third-order valence-corrected chi connectivity index (χ3v) is 4.61. The summed E-state index contributed by atoms with van der Waals surface area (Å²) >= 11 is 0. The topological polar surface area (TPSA) is 68.8 Å². The summed E-state index contributed by atoms with van der Waals surface area (Å²) in [6.45, 7) is 0.110.